The number of ether oxygens (including phenoxy) is 1. The van der Waals surface area contributed by atoms with E-state index in [1.807, 2.05) is 13.8 Å². The second-order valence-electron chi connectivity index (χ2n) is 3.84. The van der Waals surface area contributed by atoms with Crippen molar-refractivity contribution in [3.05, 3.63) is 29.7 Å². The van der Waals surface area contributed by atoms with Crippen molar-refractivity contribution >= 4 is 11.6 Å². The quantitative estimate of drug-likeness (QED) is 0.720. The van der Waals surface area contributed by atoms with Crippen molar-refractivity contribution in [2.75, 3.05) is 7.11 Å². The minimum Gasteiger partial charge on any atom is -0.465 e. The zero-order valence-electron chi connectivity index (χ0n) is 9.47. The normalized spacial score (nSPS) is 11.0. The Morgan fingerprint density at radius 1 is 1.44 bits per heavy atom. The fourth-order valence-corrected chi connectivity index (χ4v) is 1.38. The van der Waals surface area contributed by atoms with Crippen LogP contribution in [-0.2, 0) is 4.74 Å². The van der Waals surface area contributed by atoms with Gasteiger partial charge in [-0.25, -0.2) is 14.3 Å². The van der Waals surface area contributed by atoms with Gasteiger partial charge in [-0.15, -0.1) is 0 Å². The van der Waals surface area contributed by atoms with Crippen LogP contribution in [0.3, 0.4) is 0 Å². The van der Waals surface area contributed by atoms with E-state index >= 15 is 0 Å². The summed E-state index contributed by atoms with van der Waals surface area (Å²) in [5.74, 6) is 0.659. The van der Waals surface area contributed by atoms with Gasteiger partial charge in [0.05, 0.1) is 12.7 Å². The molecule has 0 amide bonds. The summed E-state index contributed by atoms with van der Waals surface area (Å²) in [6, 6.07) is 3.44. The van der Waals surface area contributed by atoms with Gasteiger partial charge in [-0.3, -0.25) is 0 Å². The lowest BCUT2D eigenvalue weighted by atomic mass is 10.2. The van der Waals surface area contributed by atoms with Crippen molar-refractivity contribution < 1.29 is 9.53 Å². The zero-order valence-corrected chi connectivity index (χ0v) is 9.47. The van der Waals surface area contributed by atoms with Crippen LogP contribution in [0.4, 0.5) is 0 Å². The fraction of sp³-hybridized carbons (Fsp3) is 0.364. The summed E-state index contributed by atoms with van der Waals surface area (Å²) in [7, 11) is 1.35. The molecule has 5 heteroatoms. The van der Waals surface area contributed by atoms with Gasteiger partial charge in [-0.1, -0.05) is 13.8 Å². The van der Waals surface area contributed by atoms with E-state index in [4.69, 9.17) is 0 Å². The van der Waals surface area contributed by atoms with Gasteiger partial charge in [0.15, 0.2) is 11.5 Å². The molecule has 84 valence electrons. The molecular formula is C11H13N3O2. The van der Waals surface area contributed by atoms with E-state index in [0.717, 1.165) is 11.5 Å². The molecule has 0 atom stereocenters. The molecule has 2 aromatic rings. The lowest BCUT2D eigenvalue weighted by molar-refractivity contribution is 0.0600. The minimum atomic E-state index is -0.372. The summed E-state index contributed by atoms with van der Waals surface area (Å²) in [4.78, 5) is 15.7. The van der Waals surface area contributed by atoms with Crippen LogP contribution in [0.5, 0.6) is 0 Å². The molecule has 0 unspecified atom stereocenters. The third-order valence-corrected chi connectivity index (χ3v) is 2.28. The number of carbonyl (C=O) groups is 1. The Balaban J connectivity index is 2.49. The predicted octanol–water partition coefficient (Wildman–Crippen LogP) is 1.64. The van der Waals surface area contributed by atoms with Gasteiger partial charge in [0.2, 0.25) is 0 Å². The number of esters is 1. The molecule has 0 fully saturated rings. The summed E-state index contributed by atoms with van der Waals surface area (Å²) >= 11 is 0. The van der Waals surface area contributed by atoms with E-state index in [9.17, 15) is 4.79 Å². The minimum absolute atomic E-state index is 0.265. The Morgan fingerprint density at radius 3 is 2.81 bits per heavy atom. The summed E-state index contributed by atoms with van der Waals surface area (Å²) in [6.07, 6.45) is 1.63. The lowest BCUT2D eigenvalue weighted by Crippen LogP contribution is -2.03. The number of hydrogen-bond acceptors (Lipinski definition) is 4. The highest BCUT2D eigenvalue weighted by Crippen LogP contribution is 2.12. The zero-order chi connectivity index (χ0) is 11.7. The molecule has 2 rings (SSSR count). The monoisotopic (exact) mass is 219 g/mol. The van der Waals surface area contributed by atoms with Crippen molar-refractivity contribution in [1.29, 1.82) is 0 Å². The molecule has 2 aromatic heterocycles. The van der Waals surface area contributed by atoms with Gasteiger partial charge in [-0.05, 0) is 12.1 Å². The highest BCUT2D eigenvalue weighted by atomic mass is 16.5. The molecule has 0 spiro atoms. The van der Waals surface area contributed by atoms with Crippen LogP contribution >= 0.6 is 0 Å². The second-order valence-corrected chi connectivity index (χ2v) is 3.84. The number of methoxy groups -OCH3 is 1. The SMILES string of the molecule is COC(=O)c1ccc2nc(C(C)C)nn2c1. The van der Waals surface area contributed by atoms with Crippen LogP contribution in [0, 0.1) is 0 Å². The van der Waals surface area contributed by atoms with E-state index in [2.05, 4.69) is 14.8 Å². The van der Waals surface area contributed by atoms with Crippen molar-refractivity contribution in [3.63, 3.8) is 0 Å². The molecule has 0 saturated heterocycles. The van der Waals surface area contributed by atoms with Crippen LogP contribution in [0.2, 0.25) is 0 Å². The molecule has 0 aromatic carbocycles. The fourth-order valence-electron chi connectivity index (χ4n) is 1.38. The van der Waals surface area contributed by atoms with Gasteiger partial charge in [-0.2, -0.15) is 5.10 Å². The molecule has 0 N–H and O–H groups in total. The molecule has 0 aliphatic carbocycles. The highest BCUT2D eigenvalue weighted by molar-refractivity contribution is 5.89. The van der Waals surface area contributed by atoms with E-state index in [1.165, 1.54) is 7.11 Å². The summed E-state index contributed by atoms with van der Waals surface area (Å²) in [5.41, 5.74) is 1.20. The lowest BCUT2D eigenvalue weighted by Gasteiger charge is -1.98. The average Bonchev–Trinajstić information content (AvgIpc) is 2.70. The topological polar surface area (TPSA) is 56.5 Å². The third kappa shape index (κ3) is 1.76. The molecule has 5 nitrogen and oxygen atoms in total. The Kier molecular flexibility index (Phi) is 2.60. The van der Waals surface area contributed by atoms with Crippen LogP contribution in [0.1, 0.15) is 35.9 Å². The molecule has 2 heterocycles. The highest BCUT2D eigenvalue weighted by Gasteiger charge is 2.10. The average molecular weight is 219 g/mol. The second kappa shape index (κ2) is 3.92. The standard InChI is InChI=1S/C11H13N3O2/c1-7(2)10-12-9-5-4-8(11(15)16-3)6-14(9)13-10/h4-7H,1-3H3. The smallest absolute Gasteiger partial charge is 0.339 e. The van der Waals surface area contributed by atoms with Gasteiger partial charge in [0.25, 0.3) is 0 Å². The predicted molar refractivity (Wildman–Crippen MR) is 58.4 cm³/mol. The van der Waals surface area contributed by atoms with Crippen LogP contribution in [0.15, 0.2) is 18.3 Å². The van der Waals surface area contributed by atoms with Crippen molar-refractivity contribution in [3.8, 4) is 0 Å². The first-order valence-corrected chi connectivity index (χ1v) is 5.06. The van der Waals surface area contributed by atoms with Crippen molar-refractivity contribution in [1.82, 2.24) is 14.6 Å². The molecule has 0 bridgehead atoms. The van der Waals surface area contributed by atoms with Crippen LogP contribution < -0.4 is 0 Å². The molecule has 0 radical (unpaired) electrons. The van der Waals surface area contributed by atoms with E-state index in [-0.39, 0.29) is 11.9 Å². The first-order chi connectivity index (χ1) is 7.61. The van der Waals surface area contributed by atoms with Crippen LogP contribution in [0.25, 0.3) is 5.65 Å². The molecule has 0 aliphatic heterocycles. The maximum Gasteiger partial charge on any atom is 0.339 e. The third-order valence-electron chi connectivity index (χ3n) is 2.28. The van der Waals surface area contributed by atoms with Crippen molar-refractivity contribution in [2.45, 2.75) is 19.8 Å². The first-order valence-electron chi connectivity index (χ1n) is 5.06. The molecule has 0 saturated carbocycles. The van der Waals surface area contributed by atoms with Gasteiger partial charge >= 0.3 is 5.97 Å². The van der Waals surface area contributed by atoms with Crippen molar-refractivity contribution in [2.24, 2.45) is 0 Å². The Bertz CT molecular complexity index is 531. The summed E-state index contributed by atoms with van der Waals surface area (Å²) in [5, 5.41) is 4.29. The Labute approximate surface area is 93.1 Å². The maximum atomic E-state index is 11.3. The van der Waals surface area contributed by atoms with Gasteiger partial charge in [0.1, 0.15) is 0 Å². The summed E-state index contributed by atoms with van der Waals surface area (Å²) < 4.78 is 6.24. The molecule has 0 aliphatic rings. The molecular weight excluding hydrogens is 206 g/mol. The van der Waals surface area contributed by atoms with Crippen LogP contribution in [-0.4, -0.2) is 27.7 Å². The Hall–Kier alpha value is -1.91. The largest absolute Gasteiger partial charge is 0.465 e. The van der Waals surface area contributed by atoms with Gasteiger partial charge < -0.3 is 4.74 Å². The number of aromatic nitrogens is 3. The Morgan fingerprint density at radius 2 is 2.19 bits per heavy atom. The number of hydrogen-bond donors (Lipinski definition) is 0. The number of pyridine rings is 1. The molecule has 16 heavy (non-hydrogen) atoms. The number of rotatable bonds is 2. The number of nitrogens with zero attached hydrogens (tertiary/aromatic N) is 3. The van der Waals surface area contributed by atoms with Gasteiger partial charge in [0, 0.05) is 12.1 Å². The summed E-state index contributed by atoms with van der Waals surface area (Å²) in [6.45, 7) is 4.05. The number of fused-ring (bicyclic) bond motifs is 1. The first kappa shape index (κ1) is 10.6. The number of carbonyl (C=O) groups excluding carboxylic acids is 1. The maximum absolute atomic E-state index is 11.3. The van der Waals surface area contributed by atoms with E-state index in [0.29, 0.717) is 5.56 Å². The van der Waals surface area contributed by atoms with E-state index in [1.54, 1.807) is 22.8 Å². The van der Waals surface area contributed by atoms with E-state index < -0.39 is 0 Å².